The van der Waals surface area contributed by atoms with Crippen LogP contribution in [0.3, 0.4) is 0 Å². The van der Waals surface area contributed by atoms with Crippen LogP contribution in [0.4, 0.5) is 11.6 Å². The number of carbonyl (C=O) groups is 1. The molecule has 2 atom stereocenters. The van der Waals surface area contributed by atoms with E-state index in [1.54, 1.807) is 6.20 Å². The van der Waals surface area contributed by atoms with Crippen LogP contribution >= 0.6 is 0 Å². The first-order valence-corrected chi connectivity index (χ1v) is 11.6. The van der Waals surface area contributed by atoms with E-state index in [-0.39, 0.29) is 18.0 Å². The summed E-state index contributed by atoms with van der Waals surface area (Å²) in [6.07, 6.45) is 8.39. The standard InChI is InChI=1S/C25H32N6O/c1-16-6-7-23(32)31(16)22-12-18(11-21(28-22)27-15-17-5-4-10-26-14-17)24-19-8-9-25(2,3)13-20(19)29-30-24/h4-5,10-12,14,16,24,29-30H,6-9,13,15H2,1-3H3,(H,27,28). The van der Waals surface area contributed by atoms with Gasteiger partial charge in [0, 0.05) is 37.1 Å². The van der Waals surface area contributed by atoms with Gasteiger partial charge >= 0.3 is 0 Å². The molecular formula is C25H32N6O. The fourth-order valence-corrected chi connectivity index (χ4v) is 5.07. The van der Waals surface area contributed by atoms with E-state index in [1.807, 2.05) is 23.2 Å². The highest BCUT2D eigenvalue weighted by atomic mass is 16.2. The zero-order valence-electron chi connectivity index (χ0n) is 19.1. The summed E-state index contributed by atoms with van der Waals surface area (Å²) in [6.45, 7) is 7.39. The summed E-state index contributed by atoms with van der Waals surface area (Å²) in [6, 6.07) is 8.43. The second-order valence-electron chi connectivity index (χ2n) is 10.1. The fourth-order valence-electron chi connectivity index (χ4n) is 5.07. The lowest BCUT2D eigenvalue weighted by atomic mass is 9.75. The maximum Gasteiger partial charge on any atom is 0.228 e. The van der Waals surface area contributed by atoms with Crippen LogP contribution in [0.1, 0.15) is 70.0 Å². The van der Waals surface area contributed by atoms with Gasteiger partial charge in [-0.2, -0.15) is 0 Å². The third kappa shape index (κ3) is 4.09. The fraction of sp³-hybridized carbons (Fsp3) is 0.480. The van der Waals surface area contributed by atoms with Crippen molar-refractivity contribution in [1.82, 2.24) is 20.8 Å². The van der Waals surface area contributed by atoms with Crippen LogP contribution in [0.25, 0.3) is 0 Å². The number of rotatable bonds is 5. The first kappa shape index (κ1) is 20.9. The first-order valence-electron chi connectivity index (χ1n) is 11.6. The number of allylic oxidation sites excluding steroid dienone is 1. The van der Waals surface area contributed by atoms with Crippen molar-refractivity contribution in [2.24, 2.45) is 5.41 Å². The number of anilines is 2. The Bertz CT molecular complexity index is 1050. The predicted octanol–water partition coefficient (Wildman–Crippen LogP) is 4.22. The van der Waals surface area contributed by atoms with E-state index in [0.29, 0.717) is 18.4 Å². The summed E-state index contributed by atoms with van der Waals surface area (Å²) in [5.74, 6) is 1.66. The Labute approximate surface area is 189 Å². The van der Waals surface area contributed by atoms with Crippen LogP contribution in [-0.2, 0) is 11.3 Å². The predicted molar refractivity (Wildman–Crippen MR) is 126 cm³/mol. The van der Waals surface area contributed by atoms with E-state index in [0.717, 1.165) is 42.0 Å². The molecule has 3 aliphatic rings. The molecule has 5 rings (SSSR count). The average molecular weight is 433 g/mol. The molecule has 0 saturated carbocycles. The lowest BCUT2D eigenvalue weighted by Gasteiger charge is -2.31. The lowest BCUT2D eigenvalue weighted by molar-refractivity contribution is -0.117. The number of hydrazine groups is 1. The molecule has 2 unspecified atom stereocenters. The average Bonchev–Trinajstić information content (AvgIpc) is 3.34. The van der Waals surface area contributed by atoms with Gasteiger partial charge in [0.15, 0.2) is 0 Å². The molecule has 0 spiro atoms. The molecule has 1 aliphatic carbocycles. The molecule has 7 heteroatoms. The van der Waals surface area contributed by atoms with Gasteiger partial charge in [0.1, 0.15) is 11.6 Å². The van der Waals surface area contributed by atoms with Gasteiger partial charge in [0.2, 0.25) is 5.91 Å². The van der Waals surface area contributed by atoms with Crippen LogP contribution in [0.15, 0.2) is 47.9 Å². The third-order valence-corrected chi connectivity index (χ3v) is 6.93. The van der Waals surface area contributed by atoms with Crippen molar-refractivity contribution in [2.45, 2.75) is 71.5 Å². The van der Waals surface area contributed by atoms with Crippen LogP contribution in [0, 0.1) is 5.41 Å². The van der Waals surface area contributed by atoms with Crippen LogP contribution < -0.4 is 21.1 Å². The Morgan fingerprint density at radius 3 is 2.91 bits per heavy atom. The van der Waals surface area contributed by atoms with Gasteiger partial charge in [-0.15, -0.1) is 0 Å². The van der Waals surface area contributed by atoms with E-state index in [9.17, 15) is 4.79 Å². The molecule has 4 heterocycles. The first-order chi connectivity index (χ1) is 15.4. The largest absolute Gasteiger partial charge is 0.366 e. The van der Waals surface area contributed by atoms with Gasteiger partial charge in [0.25, 0.3) is 0 Å². The highest BCUT2D eigenvalue weighted by molar-refractivity contribution is 5.95. The van der Waals surface area contributed by atoms with Crippen LogP contribution in [-0.4, -0.2) is 21.9 Å². The van der Waals surface area contributed by atoms with Crippen molar-refractivity contribution in [3.05, 3.63) is 59.1 Å². The molecule has 168 valence electrons. The van der Waals surface area contributed by atoms with Gasteiger partial charge in [-0.1, -0.05) is 19.9 Å². The summed E-state index contributed by atoms with van der Waals surface area (Å²) < 4.78 is 0. The van der Waals surface area contributed by atoms with Crippen molar-refractivity contribution in [3.8, 4) is 0 Å². The number of carbonyl (C=O) groups excluding carboxylic acids is 1. The van der Waals surface area contributed by atoms with Crippen molar-refractivity contribution >= 4 is 17.5 Å². The quantitative estimate of drug-likeness (QED) is 0.656. The number of aromatic nitrogens is 2. The molecule has 1 saturated heterocycles. The smallest absolute Gasteiger partial charge is 0.228 e. The molecule has 2 aliphatic heterocycles. The normalized spacial score (nSPS) is 24.5. The van der Waals surface area contributed by atoms with Crippen molar-refractivity contribution in [1.29, 1.82) is 0 Å². The highest BCUT2D eigenvalue weighted by Crippen LogP contribution is 2.44. The number of nitrogens with zero attached hydrogens (tertiary/aromatic N) is 3. The Kier molecular flexibility index (Phi) is 5.37. The van der Waals surface area contributed by atoms with E-state index in [4.69, 9.17) is 4.98 Å². The molecule has 7 nitrogen and oxygen atoms in total. The van der Waals surface area contributed by atoms with Gasteiger partial charge in [-0.25, -0.2) is 10.4 Å². The SMILES string of the molecule is CC1CCC(=O)N1c1cc(C2NNC3=C2CCC(C)(C)C3)cc(NCc2cccnc2)n1. The van der Waals surface area contributed by atoms with E-state index in [1.165, 1.54) is 17.7 Å². The maximum absolute atomic E-state index is 12.6. The molecule has 0 radical (unpaired) electrons. The Morgan fingerprint density at radius 1 is 1.28 bits per heavy atom. The second-order valence-corrected chi connectivity index (χ2v) is 10.1. The number of hydrogen-bond acceptors (Lipinski definition) is 6. The topological polar surface area (TPSA) is 82.2 Å². The highest BCUT2D eigenvalue weighted by Gasteiger charge is 2.36. The summed E-state index contributed by atoms with van der Waals surface area (Å²) in [4.78, 5) is 23.5. The minimum atomic E-state index is 0.0924. The third-order valence-electron chi connectivity index (χ3n) is 6.93. The van der Waals surface area contributed by atoms with Crippen molar-refractivity contribution in [3.63, 3.8) is 0 Å². The number of pyridine rings is 2. The molecule has 0 aromatic carbocycles. The lowest BCUT2D eigenvalue weighted by Crippen LogP contribution is -2.32. The van der Waals surface area contributed by atoms with Crippen LogP contribution in [0.5, 0.6) is 0 Å². The summed E-state index contributed by atoms with van der Waals surface area (Å²) >= 11 is 0. The minimum Gasteiger partial charge on any atom is -0.366 e. The molecule has 32 heavy (non-hydrogen) atoms. The Balaban J connectivity index is 1.48. The molecule has 2 aromatic heterocycles. The number of nitrogens with one attached hydrogen (secondary N) is 3. The van der Waals surface area contributed by atoms with Crippen molar-refractivity contribution in [2.75, 3.05) is 10.2 Å². The second kappa shape index (κ2) is 8.20. The minimum absolute atomic E-state index is 0.0924. The molecule has 1 fully saturated rings. The Hall–Kier alpha value is -2.93. The van der Waals surface area contributed by atoms with Gasteiger partial charge < -0.3 is 10.7 Å². The number of amides is 1. The monoisotopic (exact) mass is 432 g/mol. The summed E-state index contributed by atoms with van der Waals surface area (Å²) in [7, 11) is 0. The maximum atomic E-state index is 12.6. The van der Waals surface area contributed by atoms with Crippen molar-refractivity contribution < 1.29 is 4.79 Å². The van der Waals surface area contributed by atoms with E-state index < -0.39 is 0 Å². The van der Waals surface area contributed by atoms with E-state index in [2.05, 4.69) is 54.1 Å². The van der Waals surface area contributed by atoms with Gasteiger partial charge in [-0.05, 0) is 72.9 Å². The molecule has 0 bridgehead atoms. The summed E-state index contributed by atoms with van der Waals surface area (Å²) in [5, 5.41) is 3.45. The summed E-state index contributed by atoms with van der Waals surface area (Å²) in [5.41, 5.74) is 12.2. The number of hydrogen-bond donors (Lipinski definition) is 3. The zero-order chi connectivity index (χ0) is 22.3. The van der Waals surface area contributed by atoms with Gasteiger partial charge in [0.05, 0.1) is 6.04 Å². The molecular weight excluding hydrogens is 400 g/mol. The zero-order valence-corrected chi connectivity index (χ0v) is 19.1. The van der Waals surface area contributed by atoms with Gasteiger partial charge in [-0.3, -0.25) is 14.7 Å². The molecule has 1 amide bonds. The van der Waals surface area contributed by atoms with Crippen LogP contribution in [0.2, 0.25) is 0 Å². The Morgan fingerprint density at radius 2 is 2.16 bits per heavy atom. The molecule has 2 aromatic rings. The molecule has 3 N–H and O–H groups in total. The van der Waals surface area contributed by atoms with E-state index >= 15 is 0 Å².